The highest BCUT2D eigenvalue weighted by atomic mass is 16.6. The molecule has 9 nitrogen and oxygen atoms in total. The van der Waals surface area contributed by atoms with Crippen molar-refractivity contribution in [2.24, 2.45) is 5.92 Å². The first-order valence-corrected chi connectivity index (χ1v) is 9.79. The van der Waals surface area contributed by atoms with E-state index < -0.39 is 41.9 Å². The summed E-state index contributed by atoms with van der Waals surface area (Å²) in [7, 11) is 2.45. The third kappa shape index (κ3) is 6.20. The summed E-state index contributed by atoms with van der Waals surface area (Å²) in [5, 5.41) is 2.63. The van der Waals surface area contributed by atoms with Gasteiger partial charge in [-0.25, -0.2) is 9.59 Å². The number of methoxy groups -OCH3 is 2. The van der Waals surface area contributed by atoms with Crippen molar-refractivity contribution in [3.8, 4) is 0 Å². The molecule has 1 aromatic carbocycles. The lowest BCUT2D eigenvalue weighted by Gasteiger charge is -2.27. The second-order valence-corrected chi connectivity index (χ2v) is 7.16. The van der Waals surface area contributed by atoms with Gasteiger partial charge in [0.25, 0.3) is 0 Å². The number of carbonyl (C=O) groups is 4. The summed E-state index contributed by atoms with van der Waals surface area (Å²) in [6.45, 7) is 2.12. The van der Waals surface area contributed by atoms with E-state index in [1.54, 1.807) is 6.92 Å². The summed E-state index contributed by atoms with van der Waals surface area (Å²) in [4.78, 5) is 50.4. The molecule has 1 aliphatic heterocycles. The standard InChI is InChI=1S/C21H28N2O7/c1-14(12-17(24)28-2)18(20(26)29-3)22-19(25)16-10-7-11-23(16)21(27)30-13-15-8-5-4-6-9-15/h4-6,8-9,14,16,18H,7,10-13H2,1-3H3,(H,22,25)/t14-,16+,18+/m0/s1. The van der Waals surface area contributed by atoms with Gasteiger partial charge in [0.15, 0.2) is 0 Å². The van der Waals surface area contributed by atoms with Crippen LogP contribution in [0.15, 0.2) is 30.3 Å². The predicted octanol–water partition coefficient (Wildman–Crippen LogP) is 1.64. The molecule has 2 rings (SSSR count). The fourth-order valence-corrected chi connectivity index (χ4v) is 3.33. The van der Waals surface area contributed by atoms with Crippen molar-refractivity contribution in [1.29, 1.82) is 0 Å². The van der Waals surface area contributed by atoms with E-state index in [0.29, 0.717) is 19.4 Å². The highest BCUT2D eigenvalue weighted by molar-refractivity contribution is 5.90. The van der Waals surface area contributed by atoms with Crippen LogP contribution >= 0.6 is 0 Å². The molecule has 1 aliphatic rings. The van der Waals surface area contributed by atoms with Gasteiger partial charge in [-0.3, -0.25) is 14.5 Å². The van der Waals surface area contributed by atoms with Crippen LogP contribution in [0, 0.1) is 5.92 Å². The van der Waals surface area contributed by atoms with Crippen LogP contribution in [0.25, 0.3) is 0 Å². The number of nitrogens with zero attached hydrogens (tertiary/aromatic N) is 1. The van der Waals surface area contributed by atoms with Crippen molar-refractivity contribution in [2.45, 2.75) is 44.9 Å². The Labute approximate surface area is 175 Å². The largest absolute Gasteiger partial charge is 0.469 e. The second kappa shape index (κ2) is 11.2. The van der Waals surface area contributed by atoms with Gasteiger partial charge in [-0.2, -0.15) is 0 Å². The van der Waals surface area contributed by atoms with Crippen LogP contribution in [0.2, 0.25) is 0 Å². The third-order valence-corrected chi connectivity index (χ3v) is 5.03. The van der Waals surface area contributed by atoms with Crippen LogP contribution in [0.1, 0.15) is 31.7 Å². The van der Waals surface area contributed by atoms with Gasteiger partial charge in [-0.05, 0) is 24.3 Å². The average Bonchev–Trinajstić information content (AvgIpc) is 3.25. The minimum Gasteiger partial charge on any atom is -0.469 e. The lowest BCUT2D eigenvalue weighted by molar-refractivity contribution is -0.149. The number of carbonyl (C=O) groups excluding carboxylic acids is 4. The molecule has 1 N–H and O–H groups in total. The lowest BCUT2D eigenvalue weighted by Crippen LogP contribution is -2.53. The van der Waals surface area contributed by atoms with Gasteiger partial charge in [-0.15, -0.1) is 0 Å². The minimum absolute atomic E-state index is 0.0654. The second-order valence-electron chi connectivity index (χ2n) is 7.16. The molecule has 1 aromatic rings. The Morgan fingerprint density at radius 2 is 1.83 bits per heavy atom. The maximum absolute atomic E-state index is 12.8. The molecule has 0 unspecified atom stereocenters. The molecule has 2 amide bonds. The first kappa shape index (κ1) is 23.2. The molecule has 0 saturated carbocycles. The van der Waals surface area contributed by atoms with Gasteiger partial charge in [0.1, 0.15) is 18.7 Å². The van der Waals surface area contributed by atoms with Crippen molar-refractivity contribution < 1.29 is 33.4 Å². The summed E-state index contributed by atoms with van der Waals surface area (Å²) in [6, 6.07) is 7.44. The average molecular weight is 420 g/mol. The van der Waals surface area contributed by atoms with Crippen molar-refractivity contribution in [3.05, 3.63) is 35.9 Å². The summed E-state index contributed by atoms with van der Waals surface area (Å²) >= 11 is 0. The fourth-order valence-electron chi connectivity index (χ4n) is 3.33. The van der Waals surface area contributed by atoms with Gasteiger partial charge < -0.3 is 19.5 Å². The molecule has 0 bridgehead atoms. The van der Waals surface area contributed by atoms with E-state index in [9.17, 15) is 19.2 Å². The SMILES string of the molecule is COC(=O)C[C@H](C)[C@@H](NC(=O)[C@H]1CCCN1C(=O)OCc1ccccc1)C(=O)OC. The summed E-state index contributed by atoms with van der Waals surface area (Å²) < 4.78 is 14.7. The Morgan fingerprint density at radius 3 is 2.47 bits per heavy atom. The molecule has 164 valence electrons. The van der Waals surface area contributed by atoms with Crippen molar-refractivity contribution in [2.75, 3.05) is 20.8 Å². The molecule has 3 atom stereocenters. The molecule has 1 saturated heterocycles. The molecule has 30 heavy (non-hydrogen) atoms. The Balaban J connectivity index is 2.00. The topological polar surface area (TPSA) is 111 Å². The first-order valence-electron chi connectivity index (χ1n) is 9.79. The van der Waals surface area contributed by atoms with Crippen LogP contribution in [0.5, 0.6) is 0 Å². The van der Waals surface area contributed by atoms with Gasteiger partial charge in [-0.1, -0.05) is 37.3 Å². The molecule has 0 aromatic heterocycles. The van der Waals surface area contributed by atoms with Crippen LogP contribution in [0.3, 0.4) is 0 Å². The number of esters is 2. The van der Waals surface area contributed by atoms with Gasteiger partial charge in [0, 0.05) is 6.54 Å². The van der Waals surface area contributed by atoms with Gasteiger partial charge in [0.2, 0.25) is 5.91 Å². The van der Waals surface area contributed by atoms with E-state index in [2.05, 4.69) is 10.1 Å². The van der Waals surface area contributed by atoms with Gasteiger partial charge >= 0.3 is 18.0 Å². The number of likely N-dealkylation sites (tertiary alicyclic amines) is 1. The maximum Gasteiger partial charge on any atom is 0.410 e. The van der Waals surface area contributed by atoms with E-state index in [1.807, 2.05) is 30.3 Å². The third-order valence-electron chi connectivity index (χ3n) is 5.03. The van der Waals surface area contributed by atoms with E-state index in [-0.39, 0.29) is 13.0 Å². The minimum atomic E-state index is -1.04. The lowest BCUT2D eigenvalue weighted by atomic mass is 9.97. The molecular weight excluding hydrogens is 392 g/mol. The first-order chi connectivity index (χ1) is 14.4. The fraction of sp³-hybridized carbons (Fsp3) is 0.524. The van der Waals surface area contributed by atoms with E-state index in [0.717, 1.165) is 5.56 Å². The van der Waals surface area contributed by atoms with Crippen LogP contribution in [0.4, 0.5) is 4.79 Å². The Bertz CT molecular complexity index is 753. The Hall–Kier alpha value is -3.10. The molecule has 9 heteroatoms. The zero-order valence-corrected chi connectivity index (χ0v) is 17.5. The molecule has 1 fully saturated rings. The van der Waals surface area contributed by atoms with Crippen LogP contribution in [-0.2, 0) is 35.2 Å². The number of benzene rings is 1. The van der Waals surface area contributed by atoms with Crippen molar-refractivity contribution in [1.82, 2.24) is 10.2 Å². The molecular formula is C21H28N2O7. The molecule has 0 spiro atoms. The number of ether oxygens (including phenoxy) is 3. The number of rotatable bonds is 8. The Kier molecular flexibility index (Phi) is 8.64. The highest BCUT2D eigenvalue weighted by Crippen LogP contribution is 2.20. The van der Waals surface area contributed by atoms with E-state index in [1.165, 1.54) is 19.1 Å². The molecule has 1 heterocycles. The smallest absolute Gasteiger partial charge is 0.410 e. The van der Waals surface area contributed by atoms with E-state index in [4.69, 9.17) is 9.47 Å². The van der Waals surface area contributed by atoms with Crippen LogP contribution < -0.4 is 5.32 Å². The number of amides is 2. The van der Waals surface area contributed by atoms with Gasteiger partial charge in [0.05, 0.1) is 20.6 Å². The zero-order chi connectivity index (χ0) is 22.1. The molecule has 0 radical (unpaired) electrons. The van der Waals surface area contributed by atoms with Crippen LogP contribution in [-0.4, -0.2) is 61.7 Å². The number of nitrogens with one attached hydrogen (secondary N) is 1. The van der Waals surface area contributed by atoms with Crippen molar-refractivity contribution >= 4 is 23.9 Å². The molecule has 0 aliphatic carbocycles. The summed E-state index contributed by atoms with van der Waals surface area (Å²) in [5.41, 5.74) is 0.841. The highest BCUT2D eigenvalue weighted by Gasteiger charge is 2.38. The normalized spacial score (nSPS) is 17.6. The maximum atomic E-state index is 12.8. The number of hydrogen-bond donors (Lipinski definition) is 1. The van der Waals surface area contributed by atoms with E-state index >= 15 is 0 Å². The zero-order valence-electron chi connectivity index (χ0n) is 17.5. The quantitative estimate of drug-likeness (QED) is 0.503. The summed E-state index contributed by atoms with van der Waals surface area (Å²) in [6.07, 6.45) is 0.433. The van der Waals surface area contributed by atoms with Crippen molar-refractivity contribution in [3.63, 3.8) is 0 Å². The number of hydrogen-bond acceptors (Lipinski definition) is 7. The monoisotopic (exact) mass is 420 g/mol. The Morgan fingerprint density at radius 1 is 1.13 bits per heavy atom. The summed E-state index contributed by atoms with van der Waals surface area (Å²) in [5.74, 6) is -2.21. The predicted molar refractivity (Wildman–Crippen MR) is 106 cm³/mol.